The zero-order chi connectivity index (χ0) is 16.1. The van der Waals surface area contributed by atoms with Gasteiger partial charge in [-0.15, -0.1) is 0 Å². The Balaban J connectivity index is 1.93. The van der Waals surface area contributed by atoms with Crippen LogP contribution in [0.3, 0.4) is 0 Å². The normalized spacial score (nSPS) is 16.8. The number of nitrogens with zero attached hydrogens (tertiary/aromatic N) is 2. The molecule has 1 aliphatic carbocycles. The van der Waals surface area contributed by atoms with Crippen molar-refractivity contribution in [1.29, 1.82) is 0 Å². The minimum absolute atomic E-state index is 0.389. The van der Waals surface area contributed by atoms with E-state index in [2.05, 4.69) is 6.58 Å². The van der Waals surface area contributed by atoms with Crippen LogP contribution >= 0.6 is 0 Å². The first kappa shape index (κ1) is 13.5. The van der Waals surface area contributed by atoms with Crippen LogP contribution in [0.5, 0.6) is 0 Å². The smallest absolute Gasteiger partial charge is 0.237 e. The van der Waals surface area contributed by atoms with Crippen LogP contribution in [0.25, 0.3) is 5.70 Å². The molecule has 2 aliphatic rings. The zero-order valence-corrected chi connectivity index (χ0v) is 12.6. The van der Waals surface area contributed by atoms with Crippen LogP contribution in [0.2, 0.25) is 0 Å². The molecule has 4 heteroatoms. The molecule has 112 valence electrons. The fraction of sp³-hybridized carbons (Fsp3) is 0.0526. The van der Waals surface area contributed by atoms with Crippen molar-refractivity contribution in [2.45, 2.75) is 0 Å². The predicted octanol–water partition coefficient (Wildman–Crippen LogP) is 3.04. The molecule has 4 nitrogen and oxygen atoms in total. The number of anilines is 1. The number of ketones is 2. The van der Waals surface area contributed by atoms with Gasteiger partial charge in [0.1, 0.15) is 0 Å². The van der Waals surface area contributed by atoms with Gasteiger partial charge in [-0.1, -0.05) is 49.0 Å². The van der Waals surface area contributed by atoms with Gasteiger partial charge in [-0.25, -0.2) is 0 Å². The number of fused-ring (bicyclic) bond motifs is 2. The Labute approximate surface area is 133 Å². The minimum atomic E-state index is -0.492. The number of Topliss-reactive ketones (excluding diaryl/α,β-unsaturated/α-hetero) is 2. The van der Waals surface area contributed by atoms with E-state index in [1.54, 1.807) is 12.1 Å². The summed E-state index contributed by atoms with van der Waals surface area (Å²) in [5.74, 6) is -0.960. The van der Waals surface area contributed by atoms with Gasteiger partial charge in [0.25, 0.3) is 0 Å². The Morgan fingerprint density at radius 3 is 2.13 bits per heavy atom. The molecule has 2 aromatic carbocycles. The molecule has 0 spiro atoms. The molecular formula is C19H14N2O2. The van der Waals surface area contributed by atoms with Gasteiger partial charge in [0.15, 0.2) is 0 Å². The van der Waals surface area contributed by atoms with Gasteiger partial charge in [0.05, 0.1) is 22.7 Å². The Bertz CT molecular complexity index is 897. The zero-order valence-electron chi connectivity index (χ0n) is 12.6. The maximum Gasteiger partial charge on any atom is 0.237 e. The van der Waals surface area contributed by atoms with Crippen LogP contribution in [0.15, 0.2) is 72.4 Å². The van der Waals surface area contributed by atoms with E-state index in [0.717, 1.165) is 16.9 Å². The summed E-state index contributed by atoms with van der Waals surface area (Å²) in [7, 11) is 1.88. The molecule has 1 heterocycles. The van der Waals surface area contributed by atoms with E-state index in [1.807, 2.05) is 59.5 Å². The maximum atomic E-state index is 12.6. The Morgan fingerprint density at radius 2 is 1.43 bits per heavy atom. The molecule has 0 saturated heterocycles. The SMILES string of the molecule is C=C1C2=C(c3ccccc3C(=O)C2=O)N(C)N1c1ccccc1. The number of carbonyl (C=O) groups excluding carboxylic acids is 2. The summed E-state index contributed by atoms with van der Waals surface area (Å²) < 4.78 is 0. The molecule has 0 saturated carbocycles. The molecule has 23 heavy (non-hydrogen) atoms. The highest BCUT2D eigenvalue weighted by atomic mass is 16.2. The molecule has 0 atom stereocenters. The average Bonchev–Trinajstić information content (AvgIpc) is 2.84. The summed E-state index contributed by atoms with van der Waals surface area (Å²) in [6.45, 7) is 4.06. The second-order valence-corrected chi connectivity index (χ2v) is 5.55. The van der Waals surface area contributed by atoms with Crippen LogP contribution in [0.1, 0.15) is 15.9 Å². The van der Waals surface area contributed by atoms with E-state index in [9.17, 15) is 9.59 Å². The van der Waals surface area contributed by atoms with Gasteiger partial charge in [-0.3, -0.25) is 19.6 Å². The van der Waals surface area contributed by atoms with Crippen LogP contribution in [0, 0.1) is 0 Å². The van der Waals surface area contributed by atoms with E-state index in [1.165, 1.54) is 0 Å². The predicted molar refractivity (Wildman–Crippen MR) is 88.5 cm³/mol. The number of hydrogen-bond acceptors (Lipinski definition) is 4. The van der Waals surface area contributed by atoms with E-state index in [4.69, 9.17) is 0 Å². The third kappa shape index (κ3) is 1.72. The largest absolute Gasteiger partial charge is 0.285 e. The van der Waals surface area contributed by atoms with Crippen LogP contribution < -0.4 is 5.01 Å². The first-order valence-corrected chi connectivity index (χ1v) is 7.32. The molecule has 0 fully saturated rings. The van der Waals surface area contributed by atoms with Crippen LogP contribution in [0.4, 0.5) is 5.69 Å². The van der Waals surface area contributed by atoms with Crippen molar-refractivity contribution in [3.63, 3.8) is 0 Å². The molecule has 0 radical (unpaired) electrons. The average molecular weight is 302 g/mol. The molecule has 0 amide bonds. The Kier molecular flexibility index (Phi) is 2.75. The quantitative estimate of drug-likeness (QED) is 0.759. The molecule has 0 bridgehead atoms. The third-order valence-electron chi connectivity index (χ3n) is 4.27. The van der Waals surface area contributed by atoms with E-state index in [-0.39, 0.29) is 0 Å². The number of hydrogen-bond donors (Lipinski definition) is 0. The van der Waals surface area contributed by atoms with E-state index < -0.39 is 11.6 Å². The van der Waals surface area contributed by atoms with Crippen molar-refractivity contribution in [3.05, 3.63) is 83.6 Å². The molecule has 0 aromatic heterocycles. The lowest BCUT2D eigenvalue weighted by Crippen LogP contribution is -2.32. The van der Waals surface area contributed by atoms with Crippen molar-refractivity contribution in [3.8, 4) is 0 Å². The summed E-state index contributed by atoms with van der Waals surface area (Å²) in [5, 5.41) is 3.74. The maximum absolute atomic E-state index is 12.6. The molecule has 0 unspecified atom stereocenters. The fourth-order valence-electron chi connectivity index (χ4n) is 3.25. The Morgan fingerprint density at radius 1 is 0.826 bits per heavy atom. The summed E-state index contributed by atoms with van der Waals surface area (Å²) in [5.41, 5.74) is 3.77. The van der Waals surface area contributed by atoms with E-state index in [0.29, 0.717) is 16.8 Å². The van der Waals surface area contributed by atoms with Crippen molar-refractivity contribution < 1.29 is 9.59 Å². The molecule has 0 N–H and O–H groups in total. The summed E-state index contributed by atoms with van der Waals surface area (Å²) in [6.07, 6.45) is 0. The van der Waals surface area contributed by atoms with Gasteiger partial charge < -0.3 is 0 Å². The number of allylic oxidation sites excluding steroid dienone is 1. The minimum Gasteiger partial charge on any atom is -0.285 e. The van der Waals surface area contributed by atoms with Crippen molar-refractivity contribution in [2.24, 2.45) is 0 Å². The second-order valence-electron chi connectivity index (χ2n) is 5.55. The third-order valence-corrected chi connectivity index (χ3v) is 4.27. The molecule has 1 aliphatic heterocycles. The first-order valence-electron chi connectivity index (χ1n) is 7.32. The monoisotopic (exact) mass is 302 g/mol. The Hall–Kier alpha value is -3.14. The fourth-order valence-corrected chi connectivity index (χ4v) is 3.25. The summed E-state index contributed by atoms with van der Waals surface area (Å²) >= 11 is 0. The number of hydrazine groups is 1. The number of para-hydroxylation sites is 1. The lowest BCUT2D eigenvalue weighted by molar-refractivity contribution is -0.111. The van der Waals surface area contributed by atoms with Crippen molar-refractivity contribution >= 4 is 23.0 Å². The van der Waals surface area contributed by atoms with Gasteiger partial charge >= 0.3 is 0 Å². The van der Waals surface area contributed by atoms with Gasteiger partial charge in [0.2, 0.25) is 11.6 Å². The van der Waals surface area contributed by atoms with E-state index >= 15 is 0 Å². The van der Waals surface area contributed by atoms with Crippen LogP contribution in [-0.4, -0.2) is 23.6 Å². The number of benzene rings is 2. The van der Waals surface area contributed by atoms with Gasteiger partial charge in [-0.2, -0.15) is 0 Å². The number of carbonyl (C=O) groups is 2. The van der Waals surface area contributed by atoms with Gasteiger partial charge in [0, 0.05) is 18.2 Å². The highest BCUT2D eigenvalue weighted by molar-refractivity contribution is 6.53. The van der Waals surface area contributed by atoms with Gasteiger partial charge in [-0.05, 0) is 12.1 Å². The molecular weight excluding hydrogens is 288 g/mol. The first-order chi connectivity index (χ1) is 11.1. The highest BCUT2D eigenvalue weighted by Crippen LogP contribution is 2.43. The standard InChI is InChI=1S/C19H14N2O2/c1-12-16-17(20(2)21(12)13-8-4-3-5-9-13)14-10-6-7-11-15(14)18(22)19(16)23/h3-11H,1H2,2H3. The molecule has 2 aromatic rings. The van der Waals surface area contributed by atoms with Crippen molar-refractivity contribution in [1.82, 2.24) is 5.01 Å². The lowest BCUT2D eigenvalue weighted by atomic mass is 9.87. The van der Waals surface area contributed by atoms with Crippen LogP contribution in [-0.2, 0) is 4.79 Å². The topological polar surface area (TPSA) is 40.6 Å². The number of rotatable bonds is 1. The molecule has 4 rings (SSSR count). The highest BCUT2D eigenvalue weighted by Gasteiger charge is 2.43. The summed E-state index contributed by atoms with van der Waals surface area (Å²) in [4.78, 5) is 25.0. The summed E-state index contributed by atoms with van der Waals surface area (Å²) in [6, 6.07) is 16.9. The lowest BCUT2D eigenvalue weighted by Gasteiger charge is -2.31. The van der Waals surface area contributed by atoms with Crippen molar-refractivity contribution in [2.75, 3.05) is 12.1 Å². The second kappa shape index (κ2) is 4.68.